The summed E-state index contributed by atoms with van der Waals surface area (Å²) < 4.78 is 4.99. The average molecular weight is 379 g/mol. The number of piperazine rings is 1. The van der Waals surface area contributed by atoms with Crippen LogP contribution in [0.3, 0.4) is 0 Å². The van der Waals surface area contributed by atoms with E-state index in [1.807, 2.05) is 45.5 Å². The van der Waals surface area contributed by atoms with Crippen LogP contribution in [0.5, 0.6) is 0 Å². The van der Waals surface area contributed by atoms with Gasteiger partial charge in [-0.25, -0.2) is 4.79 Å². The molecule has 7 heteroatoms. The Labute approximate surface area is 155 Å². The second-order valence-electron chi connectivity index (χ2n) is 5.75. The van der Waals surface area contributed by atoms with E-state index in [1.54, 1.807) is 6.07 Å². The predicted octanol–water partition coefficient (Wildman–Crippen LogP) is 3.07. The van der Waals surface area contributed by atoms with Gasteiger partial charge < -0.3 is 9.64 Å². The molecule has 2 aromatic rings. The first-order valence-corrected chi connectivity index (χ1v) is 9.26. The van der Waals surface area contributed by atoms with Crippen LogP contribution >= 0.6 is 22.9 Å². The van der Waals surface area contributed by atoms with Gasteiger partial charge in [0.25, 0.3) is 5.91 Å². The van der Waals surface area contributed by atoms with Gasteiger partial charge in [-0.05, 0) is 23.1 Å². The van der Waals surface area contributed by atoms with Crippen LogP contribution in [-0.2, 0) is 9.53 Å². The number of hydrogen-bond donors (Lipinski definition) is 0. The third-order valence-electron chi connectivity index (χ3n) is 4.32. The zero-order valence-electron chi connectivity index (χ0n) is 13.9. The molecule has 1 aromatic carbocycles. The highest BCUT2D eigenvalue weighted by molar-refractivity contribution is 7.12. The molecule has 132 valence electrons. The molecule has 1 saturated heterocycles. The van der Waals surface area contributed by atoms with Crippen molar-refractivity contribution in [2.45, 2.75) is 6.04 Å². The van der Waals surface area contributed by atoms with Gasteiger partial charge in [0.2, 0.25) is 0 Å². The van der Waals surface area contributed by atoms with Crippen LogP contribution in [0, 0.1) is 0 Å². The summed E-state index contributed by atoms with van der Waals surface area (Å²) in [7, 11) is 1.38. The van der Waals surface area contributed by atoms with Gasteiger partial charge in [0.05, 0.1) is 12.0 Å². The summed E-state index contributed by atoms with van der Waals surface area (Å²) in [6, 6.07) is 10.4. The van der Waals surface area contributed by atoms with Crippen molar-refractivity contribution < 1.29 is 14.3 Å². The Balaban J connectivity index is 1.73. The molecule has 0 radical (unpaired) electrons. The number of carbonyl (C=O) groups excluding carboxylic acids is 2. The average Bonchev–Trinajstić information content (AvgIpc) is 3.18. The Morgan fingerprint density at radius 1 is 1.12 bits per heavy atom. The van der Waals surface area contributed by atoms with Gasteiger partial charge in [0.1, 0.15) is 6.04 Å². The van der Waals surface area contributed by atoms with E-state index < -0.39 is 6.04 Å². The highest BCUT2D eigenvalue weighted by Gasteiger charge is 2.33. The molecule has 1 amide bonds. The molecule has 1 aliphatic heterocycles. The summed E-state index contributed by atoms with van der Waals surface area (Å²) in [6.45, 7) is 2.30. The van der Waals surface area contributed by atoms with E-state index in [4.69, 9.17) is 16.3 Å². The largest absolute Gasteiger partial charge is 0.468 e. The summed E-state index contributed by atoms with van der Waals surface area (Å²) >= 11 is 7.73. The summed E-state index contributed by atoms with van der Waals surface area (Å²) in [5, 5.41) is 2.43. The maximum Gasteiger partial charge on any atom is 0.327 e. The van der Waals surface area contributed by atoms with Gasteiger partial charge in [-0.1, -0.05) is 35.9 Å². The SMILES string of the molecule is COC(=O)[C@@H](c1ccccc1Cl)N1CCN(C(=O)c2cccs2)CC1. The van der Waals surface area contributed by atoms with Crippen molar-refractivity contribution in [1.29, 1.82) is 0 Å². The number of carbonyl (C=O) groups is 2. The third kappa shape index (κ3) is 3.86. The summed E-state index contributed by atoms with van der Waals surface area (Å²) in [5.74, 6) is -0.298. The number of ether oxygens (including phenoxy) is 1. The van der Waals surface area contributed by atoms with Crippen molar-refractivity contribution in [3.8, 4) is 0 Å². The van der Waals surface area contributed by atoms with E-state index >= 15 is 0 Å². The molecule has 1 aromatic heterocycles. The number of benzene rings is 1. The molecule has 3 rings (SSSR count). The second kappa shape index (κ2) is 7.99. The van der Waals surface area contributed by atoms with Crippen LogP contribution in [-0.4, -0.2) is 55.0 Å². The van der Waals surface area contributed by atoms with Gasteiger partial charge in [-0.2, -0.15) is 0 Å². The summed E-state index contributed by atoms with van der Waals surface area (Å²) in [5.41, 5.74) is 0.731. The first-order valence-electron chi connectivity index (χ1n) is 8.01. The van der Waals surface area contributed by atoms with Crippen LogP contribution in [0.15, 0.2) is 41.8 Å². The predicted molar refractivity (Wildman–Crippen MR) is 98.0 cm³/mol. The molecule has 1 fully saturated rings. The lowest BCUT2D eigenvalue weighted by Gasteiger charge is -2.38. The first kappa shape index (κ1) is 17.9. The number of nitrogens with zero attached hydrogens (tertiary/aromatic N) is 2. The number of methoxy groups -OCH3 is 1. The third-order valence-corrected chi connectivity index (χ3v) is 5.52. The fraction of sp³-hybridized carbons (Fsp3) is 0.333. The standard InChI is InChI=1S/C18H19ClN2O3S/c1-24-18(23)16(13-5-2-3-6-14(13)19)20-8-10-21(11-9-20)17(22)15-7-4-12-25-15/h2-7,12,16H,8-11H2,1H3/t16-/m1/s1. The van der Waals surface area contributed by atoms with Crippen molar-refractivity contribution in [1.82, 2.24) is 9.80 Å². The van der Waals surface area contributed by atoms with Crippen molar-refractivity contribution in [2.75, 3.05) is 33.3 Å². The molecule has 2 heterocycles. The topological polar surface area (TPSA) is 49.9 Å². The molecule has 25 heavy (non-hydrogen) atoms. The number of halogens is 1. The van der Waals surface area contributed by atoms with Crippen molar-refractivity contribution in [3.63, 3.8) is 0 Å². The Hall–Kier alpha value is -1.89. The smallest absolute Gasteiger partial charge is 0.327 e. The first-order chi connectivity index (χ1) is 12.1. The summed E-state index contributed by atoms with van der Waals surface area (Å²) in [4.78, 5) is 29.4. The van der Waals surface area contributed by atoms with E-state index in [-0.39, 0.29) is 11.9 Å². The van der Waals surface area contributed by atoms with Crippen LogP contribution < -0.4 is 0 Å². The minimum atomic E-state index is -0.558. The van der Waals surface area contributed by atoms with Gasteiger partial charge in [0, 0.05) is 31.2 Å². The Morgan fingerprint density at radius 3 is 2.44 bits per heavy atom. The Kier molecular flexibility index (Phi) is 5.73. The lowest BCUT2D eigenvalue weighted by Crippen LogP contribution is -2.51. The van der Waals surface area contributed by atoms with E-state index in [1.165, 1.54) is 18.4 Å². The molecule has 0 N–H and O–H groups in total. The lowest BCUT2D eigenvalue weighted by molar-refractivity contribution is -0.148. The van der Waals surface area contributed by atoms with E-state index in [0.717, 1.165) is 10.4 Å². The van der Waals surface area contributed by atoms with Crippen LogP contribution in [0.25, 0.3) is 0 Å². The van der Waals surface area contributed by atoms with E-state index in [9.17, 15) is 9.59 Å². The molecule has 1 aliphatic rings. The van der Waals surface area contributed by atoms with E-state index in [2.05, 4.69) is 0 Å². The number of esters is 1. The highest BCUT2D eigenvalue weighted by atomic mass is 35.5. The molecular formula is C18H19ClN2O3S. The molecule has 0 saturated carbocycles. The Morgan fingerprint density at radius 2 is 1.84 bits per heavy atom. The lowest BCUT2D eigenvalue weighted by atomic mass is 10.0. The van der Waals surface area contributed by atoms with Crippen molar-refractivity contribution >= 4 is 34.8 Å². The fourth-order valence-corrected chi connectivity index (χ4v) is 3.95. The second-order valence-corrected chi connectivity index (χ2v) is 7.11. The summed E-state index contributed by atoms with van der Waals surface area (Å²) in [6.07, 6.45) is 0. The molecule has 0 spiro atoms. The highest BCUT2D eigenvalue weighted by Crippen LogP contribution is 2.29. The number of thiophene rings is 1. The van der Waals surface area contributed by atoms with Crippen LogP contribution in [0.1, 0.15) is 21.3 Å². The zero-order valence-corrected chi connectivity index (χ0v) is 15.4. The normalized spacial score (nSPS) is 16.5. The number of amides is 1. The van der Waals surface area contributed by atoms with E-state index in [0.29, 0.717) is 31.2 Å². The number of rotatable bonds is 4. The molecule has 0 bridgehead atoms. The van der Waals surface area contributed by atoms with Crippen LogP contribution in [0.4, 0.5) is 0 Å². The van der Waals surface area contributed by atoms with Crippen molar-refractivity contribution in [2.24, 2.45) is 0 Å². The Bertz CT molecular complexity index is 743. The zero-order chi connectivity index (χ0) is 17.8. The van der Waals surface area contributed by atoms with Crippen LogP contribution in [0.2, 0.25) is 5.02 Å². The molecular weight excluding hydrogens is 360 g/mol. The number of hydrogen-bond acceptors (Lipinski definition) is 5. The van der Waals surface area contributed by atoms with Gasteiger partial charge in [-0.15, -0.1) is 11.3 Å². The maximum atomic E-state index is 12.5. The maximum absolute atomic E-state index is 12.5. The minimum absolute atomic E-state index is 0.0435. The van der Waals surface area contributed by atoms with Gasteiger partial charge in [0.15, 0.2) is 0 Å². The molecule has 5 nitrogen and oxygen atoms in total. The van der Waals surface area contributed by atoms with Crippen molar-refractivity contribution in [3.05, 3.63) is 57.2 Å². The quantitative estimate of drug-likeness (QED) is 0.767. The van der Waals surface area contributed by atoms with Gasteiger partial charge in [-0.3, -0.25) is 9.69 Å². The van der Waals surface area contributed by atoms with Gasteiger partial charge >= 0.3 is 5.97 Å². The molecule has 1 atom stereocenters. The minimum Gasteiger partial charge on any atom is -0.468 e. The molecule has 0 unspecified atom stereocenters. The molecule has 0 aliphatic carbocycles. The fourth-order valence-electron chi connectivity index (χ4n) is 3.02. The monoisotopic (exact) mass is 378 g/mol.